The SMILES string of the molecule is CCS(=O)(=O)Nc1cc([N+](=O)[O-])ccc1Cl. The van der Waals surface area contributed by atoms with Crippen LogP contribution in [0.5, 0.6) is 0 Å². The van der Waals surface area contributed by atoms with Crippen molar-refractivity contribution in [3.05, 3.63) is 33.3 Å². The number of hydrogen-bond acceptors (Lipinski definition) is 4. The second-order valence-electron chi connectivity index (χ2n) is 2.93. The standard InChI is InChI=1S/C8H9ClN2O4S/c1-2-16(14,15)10-8-5-6(11(12)13)3-4-7(8)9/h3-5,10H,2H2,1H3. The van der Waals surface area contributed by atoms with Gasteiger partial charge in [-0.2, -0.15) is 0 Å². The number of nitrogens with zero attached hydrogens (tertiary/aromatic N) is 1. The van der Waals surface area contributed by atoms with E-state index >= 15 is 0 Å². The molecule has 0 aliphatic rings. The molecule has 1 rings (SSSR count). The van der Waals surface area contributed by atoms with E-state index in [1.165, 1.54) is 19.1 Å². The second-order valence-corrected chi connectivity index (χ2v) is 5.34. The summed E-state index contributed by atoms with van der Waals surface area (Å²) in [4.78, 5) is 9.86. The fourth-order valence-electron chi connectivity index (χ4n) is 0.945. The van der Waals surface area contributed by atoms with Gasteiger partial charge < -0.3 is 0 Å². The summed E-state index contributed by atoms with van der Waals surface area (Å²) in [5.41, 5.74) is -0.212. The maximum Gasteiger partial charge on any atom is 0.271 e. The monoisotopic (exact) mass is 264 g/mol. The first-order valence-corrected chi connectivity index (χ1v) is 6.33. The van der Waals surface area contributed by atoms with E-state index in [4.69, 9.17) is 11.6 Å². The Bertz CT molecular complexity index is 515. The lowest BCUT2D eigenvalue weighted by molar-refractivity contribution is -0.384. The highest BCUT2D eigenvalue weighted by Gasteiger charge is 2.14. The van der Waals surface area contributed by atoms with E-state index in [1.807, 2.05) is 0 Å². The number of halogens is 1. The van der Waals surface area contributed by atoms with Gasteiger partial charge in [-0.1, -0.05) is 11.6 Å². The largest absolute Gasteiger partial charge is 0.282 e. The quantitative estimate of drug-likeness (QED) is 0.665. The van der Waals surface area contributed by atoms with Crippen LogP contribution in [-0.4, -0.2) is 19.1 Å². The lowest BCUT2D eigenvalue weighted by Gasteiger charge is -2.07. The molecule has 0 saturated carbocycles. The minimum absolute atomic E-state index is 0.0118. The molecule has 0 radical (unpaired) electrons. The Morgan fingerprint density at radius 3 is 2.62 bits per heavy atom. The molecule has 1 N–H and O–H groups in total. The third-order valence-corrected chi connectivity index (χ3v) is 3.43. The molecule has 0 bridgehead atoms. The summed E-state index contributed by atoms with van der Waals surface area (Å²) in [6.07, 6.45) is 0. The number of benzene rings is 1. The molecule has 0 fully saturated rings. The molecule has 0 amide bonds. The lowest BCUT2D eigenvalue weighted by Crippen LogP contribution is -2.14. The van der Waals surface area contributed by atoms with E-state index in [-0.39, 0.29) is 22.2 Å². The molecular weight excluding hydrogens is 256 g/mol. The summed E-state index contributed by atoms with van der Waals surface area (Å²) >= 11 is 5.71. The van der Waals surface area contributed by atoms with Gasteiger partial charge in [0.25, 0.3) is 5.69 Å². The normalized spacial score (nSPS) is 11.1. The van der Waals surface area contributed by atoms with Crippen molar-refractivity contribution in [1.29, 1.82) is 0 Å². The average Bonchev–Trinajstić information content (AvgIpc) is 2.21. The number of anilines is 1. The predicted molar refractivity (Wildman–Crippen MR) is 61.2 cm³/mol. The third kappa shape index (κ3) is 3.07. The van der Waals surface area contributed by atoms with Crippen molar-refractivity contribution < 1.29 is 13.3 Å². The zero-order valence-electron chi connectivity index (χ0n) is 8.31. The van der Waals surface area contributed by atoms with Crippen molar-refractivity contribution in [3.8, 4) is 0 Å². The second kappa shape index (κ2) is 4.67. The summed E-state index contributed by atoms with van der Waals surface area (Å²) in [6.45, 7) is 1.45. The number of non-ortho nitro benzene ring substituents is 1. The lowest BCUT2D eigenvalue weighted by atomic mass is 10.3. The van der Waals surface area contributed by atoms with Crippen molar-refractivity contribution >= 4 is 33.0 Å². The maximum atomic E-state index is 11.3. The Hall–Kier alpha value is -1.34. The van der Waals surface area contributed by atoms with Gasteiger partial charge in [-0.3, -0.25) is 14.8 Å². The molecule has 0 aliphatic carbocycles. The Kier molecular flexibility index (Phi) is 3.71. The van der Waals surface area contributed by atoms with E-state index < -0.39 is 14.9 Å². The fraction of sp³-hybridized carbons (Fsp3) is 0.250. The summed E-state index contributed by atoms with van der Waals surface area (Å²) in [6, 6.07) is 3.55. The van der Waals surface area contributed by atoms with Gasteiger partial charge in [-0.05, 0) is 13.0 Å². The minimum Gasteiger partial charge on any atom is -0.282 e. The third-order valence-electron chi connectivity index (χ3n) is 1.81. The number of hydrogen-bond donors (Lipinski definition) is 1. The number of nitro groups is 1. The number of rotatable bonds is 4. The summed E-state index contributed by atoms with van der Waals surface area (Å²) in [5.74, 6) is -0.133. The molecule has 0 saturated heterocycles. The zero-order valence-corrected chi connectivity index (χ0v) is 9.88. The molecule has 0 unspecified atom stereocenters. The molecule has 8 heteroatoms. The van der Waals surface area contributed by atoms with E-state index in [0.717, 1.165) is 6.07 Å². The molecule has 0 atom stereocenters. The van der Waals surface area contributed by atoms with Gasteiger partial charge >= 0.3 is 0 Å². The first kappa shape index (κ1) is 12.7. The maximum absolute atomic E-state index is 11.3. The Balaban J connectivity index is 3.13. The molecule has 0 aromatic heterocycles. The number of sulfonamides is 1. The van der Waals surface area contributed by atoms with Crippen LogP contribution >= 0.6 is 11.6 Å². The molecule has 1 aromatic carbocycles. The zero-order chi connectivity index (χ0) is 12.3. The highest BCUT2D eigenvalue weighted by atomic mass is 35.5. The highest BCUT2D eigenvalue weighted by molar-refractivity contribution is 7.92. The molecule has 0 aliphatic heterocycles. The number of nitro benzene ring substituents is 1. The summed E-state index contributed by atoms with van der Waals surface area (Å²) in [5, 5.41) is 10.6. The Morgan fingerprint density at radius 1 is 1.50 bits per heavy atom. The van der Waals surface area contributed by atoms with Crippen molar-refractivity contribution in [3.63, 3.8) is 0 Å². The topological polar surface area (TPSA) is 89.3 Å². The minimum atomic E-state index is -3.49. The smallest absolute Gasteiger partial charge is 0.271 e. The van der Waals surface area contributed by atoms with Crippen LogP contribution < -0.4 is 4.72 Å². The van der Waals surface area contributed by atoms with E-state index in [2.05, 4.69) is 4.72 Å². The Morgan fingerprint density at radius 2 is 2.12 bits per heavy atom. The van der Waals surface area contributed by atoms with Gasteiger partial charge in [-0.15, -0.1) is 0 Å². The van der Waals surface area contributed by atoms with Crippen LogP contribution in [0, 0.1) is 10.1 Å². The van der Waals surface area contributed by atoms with Crippen LogP contribution in [0.1, 0.15) is 6.92 Å². The van der Waals surface area contributed by atoms with Gasteiger partial charge in [0.05, 0.1) is 21.4 Å². The summed E-state index contributed by atoms with van der Waals surface area (Å²) < 4.78 is 24.7. The van der Waals surface area contributed by atoms with Gasteiger partial charge in [-0.25, -0.2) is 8.42 Å². The van der Waals surface area contributed by atoms with Crippen molar-refractivity contribution in [1.82, 2.24) is 0 Å². The molecule has 6 nitrogen and oxygen atoms in total. The first-order valence-electron chi connectivity index (χ1n) is 4.30. The molecule has 16 heavy (non-hydrogen) atoms. The van der Waals surface area contributed by atoms with Crippen molar-refractivity contribution in [2.45, 2.75) is 6.92 Å². The van der Waals surface area contributed by atoms with Crippen LogP contribution in [0.2, 0.25) is 5.02 Å². The van der Waals surface area contributed by atoms with Crippen LogP contribution in [0.25, 0.3) is 0 Å². The van der Waals surface area contributed by atoms with Crippen LogP contribution in [0.3, 0.4) is 0 Å². The molecule has 0 spiro atoms. The van der Waals surface area contributed by atoms with E-state index in [0.29, 0.717) is 0 Å². The van der Waals surface area contributed by atoms with Crippen LogP contribution in [0.4, 0.5) is 11.4 Å². The van der Waals surface area contributed by atoms with E-state index in [9.17, 15) is 18.5 Å². The fourth-order valence-corrected chi connectivity index (χ4v) is 1.81. The molecule has 0 heterocycles. The van der Waals surface area contributed by atoms with Crippen molar-refractivity contribution in [2.24, 2.45) is 0 Å². The highest BCUT2D eigenvalue weighted by Crippen LogP contribution is 2.27. The number of nitrogens with one attached hydrogen (secondary N) is 1. The first-order chi connectivity index (χ1) is 7.35. The van der Waals surface area contributed by atoms with Gasteiger partial charge in [0.15, 0.2) is 0 Å². The molecule has 1 aromatic rings. The predicted octanol–water partition coefficient (Wildman–Crippen LogP) is 2.01. The van der Waals surface area contributed by atoms with Crippen LogP contribution in [0.15, 0.2) is 18.2 Å². The van der Waals surface area contributed by atoms with Gasteiger partial charge in [0.1, 0.15) is 0 Å². The van der Waals surface area contributed by atoms with E-state index in [1.54, 1.807) is 0 Å². The van der Waals surface area contributed by atoms with Crippen molar-refractivity contribution in [2.75, 3.05) is 10.5 Å². The van der Waals surface area contributed by atoms with Gasteiger partial charge in [0, 0.05) is 12.1 Å². The summed E-state index contributed by atoms with van der Waals surface area (Å²) in [7, 11) is -3.49. The van der Waals surface area contributed by atoms with Gasteiger partial charge in [0.2, 0.25) is 10.0 Å². The Labute approximate surface area is 97.4 Å². The van der Waals surface area contributed by atoms with Crippen LogP contribution in [-0.2, 0) is 10.0 Å². The molecule has 88 valence electrons. The average molecular weight is 265 g/mol. The molecular formula is C8H9ClN2O4S.